The number of amides is 2. The standard InChI is InChI=1S/C17H15N3O2/c1-11(21)19-13-5-7-14(8-6-13)20-17(22)15-4-2-3-12-9-10-18-16(12)15/h2-10,18H,1H3,(H,19,21)(H,20,22). The van der Waals surface area contributed by atoms with Crippen LogP contribution in [0.15, 0.2) is 54.7 Å². The van der Waals surface area contributed by atoms with E-state index >= 15 is 0 Å². The molecule has 3 rings (SSSR count). The van der Waals surface area contributed by atoms with Gasteiger partial charge in [0.25, 0.3) is 5.91 Å². The third kappa shape index (κ3) is 2.83. The molecule has 0 atom stereocenters. The molecule has 3 N–H and O–H groups in total. The minimum Gasteiger partial charge on any atom is -0.361 e. The van der Waals surface area contributed by atoms with Crippen LogP contribution in [-0.2, 0) is 4.79 Å². The summed E-state index contributed by atoms with van der Waals surface area (Å²) < 4.78 is 0. The maximum absolute atomic E-state index is 12.4. The number of aromatic amines is 1. The van der Waals surface area contributed by atoms with E-state index in [-0.39, 0.29) is 11.8 Å². The molecule has 0 bridgehead atoms. The number of benzene rings is 2. The first-order chi connectivity index (χ1) is 10.6. The first-order valence-corrected chi connectivity index (χ1v) is 6.88. The van der Waals surface area contributed by atoms with Gasteiger partial charge in [-0.15, -0.1) is 0 Å². The molecule has 0 aliphatic rings. The highest BCUT2D eigenvalue weighted by Crippen LogP contribution is 2.19. The molecular formula is C17H15N3O2. The summed E-state index contributed by atoms with van der Waals surface area (Å²) in [6, 6.07) is 14.5. The Hall–Kier alpha value is -3.08. The van der Waals surface area contributed by atoms with Crippen molar-refractivity contribution in [2.45, 2.75) is 6.92 Å². The minimum absolute atomic E-state index is 0.129. The first-order valence-electron chi connectivity index (χ1n) is 6.88. The lowest BCUT2D eigenvalue weighted by molar-refractivity contribution is -0.114. The number of carbonyl (C=O) groups is 2. The van der Waals surface area contributed by atoms with Crippen molar-refractivity contribution in [2.75, 3.05) is 10.6 Å². The number of para-hydroxylation sites is 1. The minimum atomic E-state index is -0.180. The highest BCUT2D eigenvalue weighted by Gasteiger charge is 2.10. The summed E-state index contributed by atoms with van der Waals surface area (Å²) in [6.45, 7) is 1.45. The molecule has 3 aromatic rings. The summed E-state index contributed by atoms with van der Waals surface area (Å²) in [5.74, 6) is -0.310. The third-order valence-corrected chi connectivity index (χ3v) is 3.30. The average molecular weight is 293 g/mol. The second-order valence-electron chi connectivity index (χ2n) is 4.96. The maximum atomic E-state index is 12.4. The van der Waals surface area contributed by atoms with Crippen LogP contribution in [0.2, 0.25) is 0 Å². The van der Waals surface area contributed by atoms with Gasteiger partial charge in [0.05, 0.1) is 11.1 Å². The van der Waals surface area contributed by atoms with Crippen molar-refractivity contribution in [3.63, 3.8) is 0 Å². The molecule has 2 amide bonds. The van der Waals surface area contributed by atoms with E-state index in [0.29, 0.717) is 16.9 Å². The van der Waals surface area contributed by atoms with E-state index in [1.807, 2.05) is 24.4 Å². The van der Waals surface area contributed by atoms with Gasteiger partial charge in [0, 0.05) is 29.9 Å². The zero-order valence-electron chi connectivity index (χ0n) is 12.0. The highest BCUT2D eigenvalue weighted by molar-refractivity contribution is 6.12. The molecule has 0 aliphatic heterocycles. The van der Waals surface area contributed by atoms with Gasteiger partial charge in [0.2, 0.25) is 5.91 Å². The van der Waals surface area contributed by atoms with Crippen molar-refractivity contribution in [2.24, 2.45) is 0 Å². The van der Waals surface area contributed by atoms with Gasteiger partial charge in [-0.2, -0.15) is 0 Å². The second kappa shape index (κ2) is 5.73. The molecule has 5 heteroatoms. The molecule has 0 fully saturated rings. The fraction of sp³-hybridized carbons (Fsp3) is 0.0588. The van der Waals surface area contributed by atoms with E-state index < -0.39 is 0 Å². The average Bonchev–Trinajstić information content (AvgIpc) is 2.97. The van der Waals surface area contributed by atoms with Crippen LogP contribution in [0.1, 0.15) is 17.3 Å². The number of H-pyrrole nitrogens is 1. The Kier molecular flexibility index (Phi) is 3.62. The van der Waals surface area contributed by atoms with E-state index in [4.69, 9.17) is 0 Å². The van der Waals surface area contributed by atoms with Crippen molar-refractivity contribution >= 4 is 34.1 Å². The summed E-state index contributed by atoms with van der Waals surface area (Å²) in [5.41, 5.74) is 2.77. The van der Waals surface area contributed by atoms with Gasteiger partial charge >= 0.3 is 0 Å². The van der Waals surface area contributed by atoms with Gasteiger partial charge in [0.15, 0.2) is 0 Å². The topological polar surface area (TPSA) is 74.0 Å². The summed E-state index contributed by atoms with van der Waals surface area (Å²) in [7, 11) is 0. The van der Waals surface area contributed by atoms with E-state index in [1.165, 1.54) is 6.92 Å². The fourth-order valence-corrected chi connectivity index (χ4v) is 2.31. The van der Waals surface area contributed by atoms with Crippen LogP contribution >= 0.6 is 0 Å². The molecule has 0 saturated carbocycles. The Morgan fingerprint density at radius 3 is 2.27 bits per heavy atom. The van der Waals surface area contributed by atoms with E-state index in [0.717, 1.165) is 10.9 Å². The van der Waals surface area contributed by atoms with Gasteiger partial charge in [-0.3, -0.25) is 9.59 Å². The Balaban J connectivity index is 1.79. The SMILES string of the molecule is CC(=O)Nc1ccc(NC(=O)c2cccc3cc[nH]c23)cc1. The molecule has 1 aromatic heterocycles. The monoisotopic (exact) mass is 293 g/mol. The zero-order valence-corrected chi connectivity index (χ0v) is 12.0. The molecule has 0 unspecified atom stereocenters. The molecule has 0 spiro atoms. The zero-order chi connectivity index (χ0) is 15.5. The van der Waals surface area contributed by atoms with Gasteiger partial charge in [-0.05, 0) is 36.4 Å². The molecule has 22 heavy (non-hydrogen) atoms. The van der Waals surface area contributed by atoms with Crippen molar-refractivity contribution < 1.29 is 9.59 Å². The van der Waals surface area contributed by atoms with Crippen LogP contribution in [-0.4, -0.2) is 16.8 Å². The second-order valence-corrected chi connectivity index (χ2v) is 4.96. The Morgan fingerprint density at radius 1 is 0.909 bits per heavy atom. The van der Waals surface area contributed by atoms with Gasteiger partial charge in [-0.25, -0.2) is 0 Å². The summed E-state index contributed by atoms with van der Waals surface area (Å²) >= 11 is 0. The van der Waals surface area contributed by atoms with E-state index in [2.05, 4.69) is 15.6 Å². The molecule has 0 saturated heterocycles. The molecule has 0 radical (unpaired) electrons. The highest BCUT2D eigenvalue weighted by atomic mass is 16.2. The van der Waals surface area contributed by atoms with Crippen molar-refractivity contribution in [1.29, 1.82) is 0 Å². The molecule has 2 aromatic carbocycles. The number of carbonyl (C=O) groups excluding carboxylic acids is 2. The molecular weight excluding hydrogens is 278 g/mol. The van der Waals surface area contributed by atoms with Crippen molar-refractivity contribution in [3.05, 3.63) is 60.3 Å². The van der Waals surface area contributed by atoms with Crippen molar-refractivity contribution in [1.82, 2.24) is 4.98 Å². The number of fused-ring (bicyclic) bond motifs is 1. The summed E-state index contributed by atoms with van der Waals surface area (Å²) in [5, 5.41) is 6.52. The van der Waals surface area contributed by atoms with Crippen LogP contribution in [0.25, 0.3) is 10.9 Å². The summed E-state index contributed by atoms with van der Waals surface area (Å²) in [6.07, 6.45) is 1.81. The number of nitrogens with one attached hydrogen (secondary N) is 3. The molecule has 5 nitrogen and oxygen atoms in total. The molecule has 1 heterocycles. The maximum Gasteiger partial charge on any atom is 0.257 e. The normalized spacial score (nSPS) is 10.4. The fourth-order valence-electron chi connectivity index (χ4n) is 2.31. The van der Waals surface area contributed by atoms with E-state index in [9.17, 15) is 9.59 Å². The Bertz CT molecular complexity index is 834. The largest absolute Gasteiger partial charge is 0.361 e. The first kappa shape index (κ1) is 13.9. The lowest BCUT2D eigenvalue weighted by atomic mass is 10.1. The van der Waals surface area contributed by atoms with Crippen LogP contribution in [0.3, 0.4) is 0 Å². The van der Waals surface area contributed by atoms with Gasteiger partial charge < -0.3 is 15.6 Å². The quantitative estimate of drug-likeness (QED) is 0.692. The van der Waals surface area contributed by atoms with Gasteiger partial charge in [-0.1, -0.05) is 12.1 Å². The van der Waals surface area contributed by atoms with Crippen LogP contribution in [0.4, 0.5) is 11.4 Å². The number of anilines is 2. The number of hydrogen-bond donors (Lipinski definition) is 3. The lowest BCUT2D eigenvalue weighted by Crippen LogP contribution is -2.12. The number of aromatic nitrogens is 1. The molecule has 0 aliphatic carbocycles. The summed E-state index contributed by atoms with van der Waals surface area (Å²) in [4.78, 5) is 26.4. The number of rotatable bonds is 3. The Labute approximate surface area is 127 Å². The van der Waals surface area contributed by atoms with Gasteiger partial charge in [0.1, 0.15) is 0 Å². The van der Waals surface area contributed by atoms with E-state index in [1.54, 1.807) is 30.3 Å². The predicted octanol–water partition coefficient (Wildman–Crippen LogP) is 3.38. The lowest BCUT2D eigenvalue weighted by Gasteiger charge is -2.08. The van der Waals surface area contributed by atoms with Crippen LogP contribution in [0, 0.1) is 0 Å². The smallest absolute Gasteiger partial charge is 0.257 e. The van der Waals surface area contributed by atoms with Crippen LogP contribution in [0.5, 0.6) is 0 Å². The van der Waals surface area contributed by atoms with Crippen LogP contribution < -0.4 is 10.6 Å². The Morgan fingerprint density at radius 2 is 1.59 bits per heavy atom. The third-order valence-electron chi connectivity index (χ3n) is 3.30. The molecule has 110 valence electrons. The van der Waals surface area contributed by atoms with Crippen molar-refractivity contribution in [3.8, 4) is 0 Å². The number of hydrogen-bond acceptors (Lipinski definition) is 2. The predicted molar refractivity (Wildman–Crippen MR) is 87.0 cm³/mol.